The minimum Gasteiger partial charge on any atom is -0.465 e. The summed E-state index contributed by atoms with van der Waals surface area (Å²) in [6.07, 6.45) is 0. The molecule has 168 valence electrons. The Balaban J connectivity index is 3.36. The van der Waals surface area contributed by atoms with Crippen molar-refractivity contribution in [2.75, 3.05) is 26.3 Å². The Bertz CT molecular complexity index is 853. The van der Waals surface area contributed by atoms with Crippen LogP contribution in [0.3, 0.4) is 0 Å². The highest BCUT2D eigenvalue weighted by atomic mass is 31.2. The smallest absolute Gasteiger partial charge is 0.426 e. The number of benzene rings is 1. The van der Waals surface area contributed by atoms with E-state index in [-0.39, 0.29) is 19.0 Å². The maximum Gasteiger partial charge on any atom is 0.426 e. The van der Waals surface area contributed by atoms with E-state index in [0.717, 1.165) is 0 Å². The van der Waals surface area contributed by atoms with E-state index in [9.17, 15) is 33.4 Å². The van der Waals surface area contributed by atoms with Gasteiger partial charge in [-0.2, -0.15) is 0 Å². The molecule has 1 atom stereocenters. The van der Waals surface area contributed by atoms with Crippen LogP contribution in [0.4, 0.5) is 0 Å². The van der Waals surface area contributed by atoms with Crippen molar-refractivity contribution in [2.45, 2.75) is 13.8 Å². The molecule has 1 rings (SSSR count). The average Bonchev–Trinajstić information content (AvgIpc) is 2.64. The summed E-state index contributed by atoms with van der Waals surface area (Å²) in [6.45, 7) is 1.68. The Hall–Kier alpha value is -2.36. The molecular formula is C16H24N2O10P2. The second kappa shape index (κ2) is 11.7. The van der Waals surface area contributed by atoms with Gasteiger partial charge in [-0.3, -0.25) is 14.2 Å². The standard InChI is InChI=1S/C16H24N2O10P2/c1-3-26-13(19)10-17-15(29(21,22)23)16(18-11-14(20)27-4-2)30(24,25)28-12-8-6-5-7-9-12/h5-9,17-18H,3-4,10-11H2,1-2H3,(H,24,25)(H2,21,22,23)/b16-15+. The summed E-state index contributed by atoms with van der Waals surface area (Å²) in [4.78, 5) is 53.0. The fraction of sp³-hybridized carbons (Fsp3) is 0.375. The molecule has 1 unspecified atom stereocenters. The van der Waals surface area contributed by atoms with E-state index in [1.807, 2.05) is 0 Å². The Morgan fingerprint density at radius 3 is 1.77 bits per heavy atom. The van der Waals surface area contributed by atoms with Crippen LogP contribution in [0.2, 0.25) is 0 Å². The van der Waals surface area contributed by atoms with Gasteiger partial charge >= 0.3 is 27.1 Å². The van der Waals surface area contributed by atoms with Gasteiger partial charge in [-0.25, -0.2) is 4.57 Å². The zero-order valence-electron chi connectivity index (χ0n) is 16.3. The molecular weight excluding hydrogens is 442 g/mol. The van der Waals surface area contributed by atoms with Gasteiger partial charge in [-0.15, -0.1) is 0 Å². The van der Waals surface area contributed by atoms with E-state index in [4.69, 9.17) is 9.26 Å². The van der Waals surface area contributed by atoms with Crippen LogP contribution in [0, 0.1) is 0 Å². The lowest BCUT2D eigenvalue weighted by molar-refractivity contribution is -0.142. The molecule has 0 aliphatic heterocycles. The molecule has 0 aliphatic carbocycles. The van der Waals surface area contributed by atoms with Crippen molar-refractivity contribution in [3.05, 3.63) is 41.2 Å². The van der Waals surface area contributed by atoms with E-state index in [1.165, 1.54) is 38.1 Å². The van der Waals surface area contributed by atoms with Crippen molar-refractivity contribution in [1.29, 1.82) is 0 Å². The normalized spacial score (nSPS) is 14.0. The Kier molecular flexibility index (Phi) is 10.0. The SMILES string of the molecule is CCOC(=O)CN/C(=C(/NCC(=O)OCC)P(=O)(O)Oc1ccccc1)P(=O)(O)O. The summed E-state index contributed by atoms with van der Waals surface area (Å²) < 4.78 is 39.2. The van der Waals surface area contributed by atoms with Gasteiger partial charge in [0.2, 0.25) is 0 Å². The van der Waals surface area contributed by atoms with Gasteiger partial charge in [-0.05, 0) is 26.0 Å². The number of hydrogen-bond acceptors (Lipinski definition) is 9. The van der Waals surface area contributed by atoms with Gasteiger partial charge < -0.3 is 39.3 Å². The monoisotopic (exact) mass is 466 g/mol. The zero-order valence-corrected chi connectivity index (χ0v) is 18.1. The van der Waals surface area contributed by atoms with Crippen molar-refractivity contribution in [2.24, 2.45) is 0 Å². The maximum absolute atomic E-state index is 12.9. The zero-order chi connectivity index (χ0) is 22.8. The second-order valence-corrected chi connectivity index (χ2v) is 8.69. The van der Waals surface area contributed by atoms with Crippen LogP contribution in [0.1, 0.15) is 13.8 Å². The quantitative estimate of drug-likeness (QED) is 0.217. The summed E-state index contributed by atoms with van der Waals surface area (Å²) in [5, 5.41) is 4.29. The third kappa shape index (κ3) is 8.56. The minimum absolute atomic E-state index is 0.0129. The number of para-hydroxylation sites is 1. The van der Waals surface area contributed by atoms with Crippen LogP contribution in [0.25, 0.3) is 0 Å². The van der Waals surface area contributed by atoms with Gasteiger partial charge in [0, 0.05) is 0 Å². The molecule has 0 saturated heterocycles. The molecule has 5 N–H and O–H groups in total. The molecule has 0 saturated carbocycles. The van der Waals surface area contributed by atoms with Crippen LogP contribution in [0.15, 0.2) is 41.2 Å². The molecule has 0 aromatic heterocycles. The first-order valence-electron chi connectivity index (χ1n) is 8.68. The summed E-state index contributed by atoms with van der Waals surface area (Å²) in [5.74, 6) is -1.80. The highest BCUT2D eigenvalue weighted by molar-refractivity contribution is 7.61. The van der Waals surface area contributed by atoms with Crippen LogP contribution in [0.5, 0.6) is 5.75 Å². The van der Waals surface area contributed by atoms with E-state index >= 15 is 0 Å². The molecule has 14 heteroatoms. The highest BCUT2D eigenvalue weighted by Crippen LogP contribution is 2.56. The lowest BCUT2D eigenvalue weighted by Gasteiger charge is -2.22. The number of rotatable bonds is 12. The molecule has 0 spiro atoms. The maximum atomic E-state index is 12.9. The van der Waals surface area contributed by atoms with Crippen molar-refractivity contribution in [1.82, 2.24) is 10.6 Å². The van der Waals surface area contributed by atoms with Crippen molar-refractivity contribution >= 4 is 27.1 Å². The minimum atomic E-state index is -5.25. The first-order chi connectivity index (χ1) is 14.0. The summed E-state index contributed by atoms with van der Waals surface area (Å²) in [5.41, 5.74) is -2.08. The molecule has 1 aromatic carbocycles. The molecule has 0 fully saturated rings. The van der Waals surface area contributed by atoms with Crippen LogP contribution >= 0.6 is 15.2 Å². The molecule has 0 bridgehead atoms. The first-order valence-corrected chi connectivity index (χ1v) is 11.9. The third-order valence-corrected chi connectivity index (χ3v) is 5.73. The predicted octanol–water partition coefficient (Wildman–Crippen LogP) is 0.860. The lowest BCUT2D eigenvalue weighted by atomic mass is 10.3. The number of carbonyl (C=O) groups is 2. The fourth-order valence-electron chi connectivity index (χ4n) is 2.05. The van der Waals surface area contributed by atoms with Gasteiger partial charge in [0.05, 0.1) is 13.2 Å². The van der Waals surface area contributed by atoms with Gasteiger partial charge in [0.15, 0.2) is 10.9 Å². The number of esters is 2. The van der Waals surface area contributed by atoms with Crippen LogP contribution in [-0.2, 0) is 28.2 Å². The molecule has 0 aliphatic rings. The molecule has 30 heavy (non-hydrogen) atoms. The number of hydrogen-bond donors (Lipinski definition) is 5. The highest BCUT2D eigenvalue weighted by Gasteiger charge is 2.38. The summed E-state index contributed by atoms with van der Waals surface area (Å²) in [7, 11) is -10.2. The fourth-order valence-corrected chi connectivity index (χ4v) is 4.58. The summed E-state index contributed by atoms with van der Waals surface area (Å²) >= 11 is 0. The predicted molar refractivity (Wildman–Crippen MR) is 105 cm³/mol. The summed E-state index contributed by atoms with van der Waals surface area (Å²) in [6, 6.07) is 7.32. The molecule has 0 amide bonds. The van der Waals surface area contributed by atoms with Crippen molar-refractivity contribution in [3.63, 3.8) is 0 Å². The molecule has 0 heterocycles. The molecule has 1 aromatic rings. The van der Waals surface area contributed by atoms with E-state index in [1.54, 1.807) is 6.07 Å². The Morgan fingerprint density at radius 2 is 1.33 bits per heavy atom. The lowest BCUT2D eigenvalue weighted by Crippen LogP contribution is -2.31. The van der Waals surface area contributed by atoms with Gasteiger partial charge in [0.25, 0.3) is 0 Å². The average molecular weight is 466 g/mol. The number of carbonyl (C=O) groups excluding carboxylic acids is 2. The number of ether oxygens (including phenoxy) is 2. The first kappa shape index (κ1) is 25.7. The van der Waals surface area contributed by atoms with E-state index in [0.29, 0.717) is 0 Å². The Labute approximate surface area is 172 Å². The largest absolute Gasteiger partial charge is 0.465 e. The van der Waals surface area contributed by atoms with E-state index in [2.05, 4.69) is 15.4 Å². The topological polar surface area (TPSA) is 181 Å². The van der Waals surface area contributed by atoms with Crippen molar-refractivity contribution in [3.8, 4) is 5.75 Å². The molecule has 12 nitrogen and oxygen atoms in total. The second-order valence-electron chi connectivity index (χ2n) is 5.48. The van der Waals surface area contributed by atoms with E-state index < -0.39 is 51.1 Å². The number of nitrogens with one attached hydrogen (secondary N) is 2. The Morgan fingerprint density at radius 1 is 0.867 bits per heavy atom. The third-order valence-electron chi connectivity index (χ3n) is 3.18. The van der Waals surface area contributed by atoms with Gasteiger partial charge in [0.1, 0.15) is 18.8 Å². The van der Waals surface area contributed by atoms with Gasteiger partial charge in [-0.1, -0.05) is 18.2 Å². The van der Waals surface area contributed by atoms with Crippen LogP contribution < -0.4 is 15.2 Å². The molecule has 0 radical (unpaired) electrons. The van der Waals surface area contributed by atoms with Crippen molar-refractivity contribution < 1.29 is 47.4 Å². The van der Waals surface area contributed by atoms with Crippen LogP contribution in [-0.4, -0.2) is 52.9 Å².